The molecule has 0 saturated carbocycles. The van der Waals surface area contributed by atoms with Gasteiger partial charge in [-0.2, -0.15) is 17.5 Å². The first-order chi connectivity index (χ1) is 14.6. The fraction of sp³-hybridized carbons (Fsp3) is 0.450. The number of halogens is 3. The Hall–Kier alpha value is -2.11. The van der Waals surface area contributed by atoms with Gasteiger partial charge in [0, 0.05) is 13.1 Å². The zero-order valence-corrected chi connectivity index (χ0v) is 18.5. The molecule has 1 aromatic heterocycles. The van der Waals surface area contributed by atoms with Crippen LogP contribution in [0.3, 0.4) is 0 Å². The highest BCUT2D eigenvalue weighted by atomic mass is 32.2. The summed E-state index contributed by atoms with van der Waals surface area (Å²) in [6, 6.07) is 5.25. The summed E-state index contributed by atoms with van der Waals surface area (Å²) < 4.78 is 70.3. The van der Waals surface area contributed by atoms with Crippen LogP contribution in [0.1, 0.15) is 40.9 Å². The smallest absolute Gasteiger partial charge is 0.422 e. The van der Waals surface area contributed by atoms with Gasteiger partial charge in [0.1, 0.15) is 5.75 Å². The number of ether oxygens (including phenoxy) is 1. The largest absolute Gasteiger partial charge is 0.482 e. The zero-order chi connectivity index (χ0) is 22.6. The number of nitrogens with one attached hydrogen (secondary N) is 1. The highest BCUT2D eigenvalue weighted by molar-refractivity contribution is 7.89. The number of sulfonamides is 1. The topological polar surface area (TPSA) is 75.7 Å². The molecule has 0 aliphatic carbocycles. The highest BCUT2D eigenvalue weighted by Crippen LogP contribution is 2.32. The molecule has 0 radical (unpaired) electrons. The summed E-state index contributed by atoms with van der Waals surface area (Å²) in [5.41, 5.74) is 0.576. The Morgan fingerprint density at radius 2 is 1.84 bits per heavy atom. The summed E-state index contributed by atoms with van der Waals surface area (Å²) in [5.74, 6) is -0.802. The Bertz CT molecular complexity index is 1030. The minimum atomic E-state index is -4.58. The van der Waals surface area contributed by atoms with Crippen LogP contribution < -0.4 is 10.1 Å². The Balaban J connectivity index is 1.94. The van der Waals surface area contributed by atoms with E-state index in [1.54, 1.807) is 18.4 Å². The lowest BCUT2D eigenvalue weighted by Gasteiger charge is -2.21. The second kappa shape index (κ2) is 9.58. The molecule has 170 valence electrons. The summed E-state index contributed by atoms with van der Waals surface area (Å²) in [6.07, 6.45) is -1.21. The molecule has 1 amide bonds. The first kappa shape index (κ1) is 23.6. The van der Waals surface area contributed by atoms with E-state index in [1.165, 1.54) is 21.7 Å². The van der Waals surface area contributed by atoms with Crippen molar-refractivity contribution >= 4 is 33.0 Å². The zero-order valence-electron chi connectivity index (χ0n) is 16.9. The molecule has 3 rings (SSSR count). The van der Waals surface area contributed by atoms with Crippen molar-refractivity contribution in [3.8, 4) is 5.75 Å². The van der Waals surface area contributed by atoms with E-state index in [9.17, 15) is 26.4 Å². The van der Waals surface area contributed by atoms with Gasteiger partial charge in [0.25, 0.3) is 5.91 Å². The summed E-state index contributed by atoms with van der Waals surface area (Å²) in [4.78, 5) is 12.9. The van der Waals surface area contributed by atoms with Crippen LogP contribution in [0.4, 0.5) is 18.9 Å². The second-order valence-electron chi connectivity index (χ2n) is 7.27. The van der Waals surface area contributed by atoms with Gasteiger partial charge in [-0.15, -0.1) is 11.3 Å². The number of aryl methyl sites for hydroxylation is 1. The summed E-state index contributed by atoms with van der Waals surface area (Å²) in [7, 11) is -3.86. The summed E-state index contributed by atoms with van der Waals surface area (Å²) in [6.45, 7) is 0.925. The van der Waals surface area contributed by atoms with Gasteiger partial charge < -0.3 is 10.1 Å². The van der Waals surface area contributed by atoms with Crippen LogP contribution >= 0.6 is 11.3 Å². The standard InChI is InChI=1S/C20H23F3N2O4S2/c1-14-8-11-30-18(14)19(26)24-16-12-15(6-7-17(16)29-13-20(21,22)23)31(27,28)25-9-4-2-3-5-10-25/h6-8,11-12H,2-5,9-10,13H2,1H3,(H,24,26). The van der Waals surface area contributed by atoms with E-state index in [-0.39, 0.29) is 16.3 Å². The molecule has 1 aliphatic heterocycles. The van der Waals surface area contributed by atoms with E-state index in [0.29, 0.717) is 23.5 Å². The Morgan fingerprint density at radius 3 is 2.42 bits per heavy atom. The molecule has 2 heterocycles. The number of rotatable bonds is 6. The van der Waals surface area contributed by atoms with Crippen molar-refractivity contribution in [3.05, 3.63) is 40.1 Å². The van der Waals surface area contributed by atoms with E-state index in [2.05, 4.69) is 5.32 Å². The van der Waals surface area contributed by atoms with Crippen LogP contribution in [0.5, 0.6) is 5.75 Å². The SMILES string of the molecule is Cc1ccsc1C(=O)Nc1cc(S(=O)(=O)N2CCCCCC2)ccc1OCC(F)(F)F. The number of hydrogen-bond donors (Lipinski definition) is 1. The average Bonchev–Trinajstić information content (AvgIpc) is 2.95. The monoisotopic (exact) mass is 476 g/mol. The van der Waals surface area contributed by atoms with Crippen molar-refractivity contribution < 1.29 is 31.1 Å². The van der Waals surface area contributed by atoms with Gasteiger partial charge in [-0.1, -0.05) is 12.8 Å². The van der Waals surface area contributed by atoms with Gasteiger partial charge >= 0.3 is 6.18 Å². The highest BCUT2D eigenvalue weighted by Gasteiger charge is 2.30. The minimum absolute atomic E-state index is 0.105. The van der Waals surface area contributed by atoms with Gasteiger partial charge in [0.15, 0.2) is 6.61 Å². The predicted octanol–water partition coefficient (Wildman–Crippen LogP) is 4.81. The molecule has 6 nitrogen and oxygen atoms in total. The van der Waals surface area contributed by atoms with Crippen molar-refractivity contribution in [1.29, 1.82) is 0 Å². The van der Waals surface area contributed by atoms with Crippen LogP contribution in [0.2, 0.25) is 0 Å². The van der Waals surface area contributed by atoms with Gasteiger partial charge in [-0.05, 0) is 55.0 Å². The molecule has 1 aromatic carbocycles. The van der Waals surface area contributed by atoms with Gasteiger partial charge in [-0.25, -0.2) is 8.42 Å². The van der Waals surface area contributed by atoms with Crippen molar-refractivity contribution in [3.63, 3.8) is 0 Å². The van der Waals surface area contributed by atoms with Gasteiger partial charge in [0.05, 0.1) is 15.5 Å². The number of thiophene rings is 1. The van der Waals surface area contributed by atoms with Crippen molar-refractivity contribution in [2.75, 3.05) is 25.0 Å². The maximum absolute atomic E-state index is 13.1. The number of amides is 1. The lowest BCUT2D eigenvalue weighted by Crippen LogP contribution is -2.32. The van der Waals surface area contributed by atoms with Crippen molar-refractivity contribution in [1.82, 2.24) is 4.31 Å². The van der Waals surface area contributed by atoms with Crippen LogP contribution in [0.15, 0.2) is 34.5 Å². The maximum Gasteiger partial charge on any atom is 0.422 e. The van der Waals surface area contributed by atoms with E-state index >= 15 is 0 Å². The third-order valence-electron chi connectivity index (χ3n) is 4.86. The number of hydrogen-bond acceptors (Lipinski definition) is 5. The summed E-state index contributed by atoms with van der Waals surface area (Å²) >= 11 is 1.18. The van der Waals surface area contributed by atoms with Crippen molar-refractivity contribution in [2.24, 2.45) is 0 Å². The fourth-order valence-electron chi connectivity index (χ4n) is 3.27. The molecule has 0 atom stereocenters. The van der Waals surface area contributed by atoms with Crippen LogP contribution in [0, 0.1) is 6.92 Å². The molecule has 11 heteroatoms. The third kappa shape index (κ3) is 5.98. The van der Waals surface area contributed by atoms with Crippen molar-refractivity contribution in [2.45, 2.75) is 43.7 Å². The molecule has 1 aliphatic rings. The molecule has 0 bridgehead atoms. The number of alkyl halides is 3. The fourth-order valence-corrected chi connectivity index (χ4v) is 5.63. The second-order valence-corrected chi connectivity index (χ2v) is 10.1. The number of carbonyl (C=O) groups is 1. The maximum atomic E-state index is 13.1. The first-order valence-corrected chi connectivity index (χ1v) is 12.1. The average molecular weight is 477 g/mol. The number of carbonyl (C=O) groups excluding carboxylic acids is 1. The normalized spacial score (nSPS) is 16.0. The van der Waals surface area contributed by atoms with E-state index in [1.807, 2.05) is 0 Å². The van der Waals surface area contributed by atoms with E-state index in [0.717, 1.165) is 37.8 Å². The van der Waals surface area contributed by atoms with Crippen LogP contribution in [0.25, 0.3) is 0 Å². The lowest BCUT2D eigenvalue weighted by molar-refractivity contribution is -0.153. The Kier molecular flexibility index (Phi) is 7.28. The summed E-state index contributed by atoms with van der Waals surface area (Å²) in [5, 5.41) is 4.23. The lowest BCUT2D eigenvalue weighted by atomic mass is 10.2. The van der Waals surface area contributed by atoms with Gasteiger partial charge in [-0.3, -0.25) is 4.79 Å². The van der Waals surface area contributed by atoms with Crippen LogP contribution in [-0.4, -0.2) is 44.5 Å². The molecule has 0 spiro atoms. The number of nitrogens with zero attached hydrogens (tertiary/aromatic N) is 1. The molecule has 31 heavy (non-hydrogen) atoms. The molecule has 1 saturated heterocycles. The van der Waals surface area contributed by atoms with E-state index in [4.69, 9.17) is 4.74 Å². The molecular weight excluding hydrogens is 453 g/mol. The Morgan fingerprint density at radius 1 is 1.16 bits per heavy atom. The predicted molar refractivity (Wildman–Crippen MR) is 112 cm³/mol. The molecule has 1 N–H and O–H groups in total. The third-order valence-corrected chi connectivity index (χ3v) is 7.77. The molecule has 0 unspecified atom stereocenters. The number of benzene rings is 1. The van der Waals surface area contributed by atoms with Gasteiger partial charge in [0.2, 0.25) is 10.0 Å². The quantitative estimate of drug-likeness (QED) is 0.649. The van der Waals surface area contributed by atoms with E-state index < -0.39 is 28.7 Å². The number of anilines is 1. The molecular formula is C20H23F3N2O4S2. The molecule has 2 aromatic rings. The Labute approximate surface area is 183 Å². The first-order valence-electron chi connectivity index (χ1n) is 9.77. The minimum Gasteiger partial charge on any atom is -0.482 e. The van der Waals surface area contributed by atoms with Crippen LogP contribution in [-0.2, 0) is 10.0 Å². The molecule has 1 fully saturated rings.